The van der Waals surface area contributed by atoms with Crippen LogP contribution in [0.3, 0.4) is 0 Å². The average Bonchev–Trinajstić information content (AvgIpc) is 3.88. The summed E-state index contributed by atoms with van der Waals surface area (Å²) in [7, 11) is -2.17. The van der Waals surface area contributed by atoms with Gasteiger partial charge in [-0.2, -0.15) is 15.8 Å². The summed E-state index contributed by atoms with van der Waals surface area (Å²) in [6, 6.07) is 19.6. The van der Waals surface area contributed by atoms with Crippen LogP contribution in [0.25, 0.3) is 15.3 Å². The van der Waals surface area contributed by atoms with Gasteiger partial charge in [0.25, 0.3) is 0 Å². The van der Waals surface area contributed by atoms with E-state index in [0.29, 0.717) is 43.4 Å². The molecule has 1 spiro atoms. The minimum Gasteiger partial charge on any atom is -0.390 e. The molecule has 2 fully saturated rings. The van der Waals surface area contributed by atoms with Crippen LogP contribution in [0.1, 0.15) is 48.0 Å². The van der Waals surface area contributed by atoms with E-state index in [1.54, 1.807) is 18.2 Å². The van der Waals surface area contributed by atoms with Crippen molar-refractivity contribution in [3.05, 3.63) is 87.7 Å². The minimum atomic E-state index is -2.17. The van der Waals surface area contributed by atoms with Crippen molar-refractivity contribution < 1.29 is 9.59 Å². The van der Waals surface area contributed by atoms with Crippen molar-refractivity contribution in [3.8, 4) is 28.0 Å². The predicted octanol–water partition coefficient (Wildman–Crippen LogP) is 6.34. The number of allylic oxidation sites excluding steroid dienone is 8. The first-order valence-corrected chi connectivity index (χ1v) is 19.5. The molecule has 0 atom stereocenters. The molecule has 1 saturated heterocycles. The minimum absolute atomic E-state index is 0.0363. The zero-order chi connectivity index (χ0) is 32.4. The molecule has 2 aliphatic heterocycles. The second-order valence-corrected chi connectivity index (χ2v) is 18.4. The van der Waals surface area contributed by atoms with Gasteiger partial charge in [-0.25, -0.2) is 9.98 Å². The van der Waals surface area contributed by atoms with Crippen LogP contribution in [-0.2, 0) is 4.79 Å². The molecular weight excluding hydrogens is 641 g/mol. The van der Waals surface area contributed by atoms with Gasteiger partial charge in [0.2, 0.25) is 11.6 Å². The van der Waals surface area contributed by atoms with E-state index in [4.69, 9.17) is 15.7 Å². The lowest BCUT2D eigenvalue weighted by atomic mass is 9.96. The quantitative estimate of drug-likeness (QED) is 0.249. The standard InChI is InChI=1S/C36H24N6O2S2Si/c37-16-19(17-38)29-20-8-2-4-10-22(20)33(43)31(29)41-27-14-25-35(45-27)36-26(47(25)12-6-1-7-13-47)15-28(46-36)42-32-30(24(40)18-39)21-9-3-5-11-23(21)34(32)44/h3,5,8-11,14-15H,1-2,4,6-7,12-13,40H2/b30-24-,41-31-,42-32-. The van der Waals surface area contributed by atoms with Crippen LogP contribution >= 0.6 is 22.7 Å². The number of benzene rings is 1. The van der Waals surface area contributed by atoms with E-state index >= 15 is 0 Å². The summed E-state index contributed by atoms with van der Waals surface area (Å²) in [6.45, 7) is 0. The van der Waals surface area contributed by atoms with Gasteiger partial charge in [0.05, 0.1) is 0 Å². The molecule has 1 saturated carbocycles. The molecule has 0 radical (unpaired) electrons. The maximum absolute atomic E-state index is 13.6. The molecule has 0 unspecified atom stereocenters. The molecule has 3 aliphatic carbocycles. The van der Waals surface area contributed by atoms with E-state index in [0.717, 1.165) is 47.5 Å². The van der Waals surface area contributed by atoms with Crippen molar-refractivity contribution in [2.75, 3.05) is 0 Å². The summed E-state index contributed by atoms with van der Waals surface area (Å²) < 4.78 is 0. The summed E-state index contributed by atoms with van der Waals surface area (Å²) in [6.07, 6.45) is 8.72. The lowest BCUT2D eigenvalue weighted by Crippen LogP contribution is -2.55. The van der Waals surface area contributed by atoms with Gasteiger partial charge >= 0.3 is 0 Å². The Balaban J connectivity index is 1.27. The predicted molar refractivity (Wildman–Crippen MR) is 186 cm³/mol. The van der Waals surface area contributed by atoms with Crippen molar-refractivity contribution >= 4 is 79.7 Å². The first-order chi connectivity index (χ1) is 22.9. The van der Waals surface area contributed by atoms with Crippen molar-refractivity contribution in [2.24, 2.45) is 15.7 Å². The van der Waals surface area contributed by atoms with Gasteiger partial charge in [0, 0.05) is 32.0 Å². The van der Waals surface area contributed by atoms with Gasteiger partial charge in [-0.15, -0.1) is 22.7 Å². The van der Waals surface area contributed by atoms with E-state index in [2.05, 4.69) is 12.1 Å². The number of nitrogens with two attached hydrogens (primary N) is 1. The molecule has 226 valence electrons. The highest BCUT2D eigenvalue weighted by Crippen LogP contribution is 2.49. The third kappa shape index (κ3) is 4.20. The van der Waals surface area contributed by atoms with E-state index in [1.165, 1.54) is 39.5 Å². The molecule has 0 bridgehead atoms. The Morgan fingerprint density at radius 1 is 0.745 bits per heavy atom. The lowest BCUT2D eigenvalue weighted by molar-refractivity contribution is -0.109. The SMILES string of the molecule is N#CC(C#N)=C1C2=CCCC=C2C(=O)/C1=N\c1cc2c(s1)-c1sc(/N=C3\C(=O)c4ccccc4\C3=C(\N)C#N)cc1[Si]21CCCCC1. The maximum atomic E-state index is 13.6. The smallest absolute Gasteiger partial charge is 0.212 e. The summed E-state index contributed by atoms with van der Waals surface area (Å²) in [5.74, 6) is -0.489. The highest BCUT2D eigenvalue weighted by molar-refractivity contribution is 7.32. The molecule has 8 rings (SSSR count). The normalized spacial score (nSPS) is 21.4. The molecule has 1 aromatic carbocycles. The Labute approximate surface area is 279 Å². The Morgan fingerprint density at radius 2 is 1.32 bits per heavy atom. The van der Waals surface area contributed by atoms with E-state index < -0.39 is 8.07 Å². The third-order valence-corrected chi connectivity index (χ3v) is 17.6. The van der Waals surface area contributed by atoms with Crippen LogP contribution < -0.4 is 16.1 Å². The Kier molecular flexibility index (Phi) is 6.78. The van der Waals surface area contributed by atoms with Crippen molar-refractivity contribution in [3.63, 3.8) is 0 Å². The maximum Gasteiger partial charge on any atom is 0.212 e. The Hall–Kier alpha value is -5.25. The average molecular weight is 665 g/mol. The van der Waals surface area contributed by atoms with E-state index in [-0.39, 0.29) is 34.3 Å². The van der Waals surface area contributed by atoms with Crippen molar-refractivity contribution in [2.45, 2.75) is 44.2 Å². The lowest BCUT2D eigenvalue weighted by Gasteiger charge is -2.32. The summed E-state index contributed by atoms with van der Waals surface area (Å²) >= 11 is 3.07. The first-order valence-electron chi connectivity index (χ1n) is 15.4. The number of rotatable bonds is 2. The van der Waals surface area contributed by atoms with Gasteiger partial charge < -0.3 is 5.73 Å². The molecule has 8 nitrogen and oxygen atoms in total. The summed E-state index contributed by atoms with van der Waals surface area (Å²) in [5, 5.41) is 33.2. The third-order valence-electron chi connectivity index (χ3n) is 9.70. The number of hydrogen-bond acceptors (Lipinski definition) is 10. The molecule has 47 heavy (non-hydrogen) atoms. The fourth-order valence-corrected chi connectivity index (χ4v) is 16.8. The number of Topliss-reactive ketones (excluding diaryl/α,β-unsaturated/α-hetero) is 2. The van der Waals surface area contributed by atoms with Gasteiger partial charge in [0.15, 0.2) is 0 Å². The second-order valence-electron chi connectivity index (χ2n) is 12.1. The highest BCUT2D eigenvalue weighted by atomic mass is 32.1. The second kappa shape index (κ2) is 10.9. The first kappa shape index (κ1) is 29.2. The van der Waals surface area contributed by atoms with E-state index in [1.807, 2.05) is 36.4 Å². The van der Waals surface area contributed by atoms with Gasteiger partial charge in [-0.1, -0.05) is 55.7 Å². The Morgan fingerprint density at radius 3 is 1.91 bits per heavy atom. The monoisotopic (exact) mass is 664 g/mol. The number of aliphatic imine (C=N–C) groups is 2. The molecule has 2 aromatic heterocycles. The molecule has 2 N–H and O–H groups in total. The molecule has 4 heterocycles. The fourth-order valence-electron chi connectivity index (χ4n) is 7.67. The highest BCUT2D eigenvalue weighted by Gasteiger charge is 2.49. The number of fused-ring (bicyclic) bond motifs is 7. The van der Waals surface area contributed by atoms with Crippen LogP contribution in [0.4, 0.5) is 10.0 Å². The summed E-state index contributed by atoms with van der Waals surface area (Å²) in [4.78, 5) is 39.1. The van der Waals surface area contributed by atoms with Crippen LogP contribution in [-0.4, -0.2) is 31.1 Å². The zero-order valence-corrected chi connectivity index (χ0v) is 27.6. The van der Waals surface area contributed by atoms with Gasteiger partial charge in [-0.05, 0) is 58.6 Å². The van der Waals surface area contributed by atoms with Crippen molar-refractivity contribution in [1.29, 1.82) is 15.8 Å². The number of hydrogen-bond donors (Lipinski definition) is 1. The number of nitriles is 3. The molecule has 11 heteroatoms. The van der Waals surface area contributed by atoms with Crippen LogP contribution in [0.2, 0.25) is 12.1 Å². The molecular formula is C36H24N6O2S2Si. The van der Waals surface area contributed by atoms with Crippen LogP contribution in [0, 0.1) is 34.0 Å². The van der Waals surface area contributed by atoms with Crippen molar-refractivity contribution in [1.82, 2.24) is 0 Å². The summed E-state index contributed by atoms with van der Waals surface area (Å²) in [5.41, 5.74) is 9.33. The number of nitrogens with zero attached hydrogens (tertiary/aromatic N) is 5. The van der Waals surface area contributed by atoms with Gasteiger partial charge in [0.1, 0.15) is 59.0 Å². The Bertz CT molecular complexity index is 2300. The number of thiophene rings is 2. The number of carbonyl (C=O) groups is 2. The topological polar surface area (TPSA) is 156 Å². The number of ketones is 2. The van der Waals surface area contributed by atoms with Crippen LogP contribution in [0.5, 0.6) is 0 Å². The number of carbonyl (C=O) groups excluding carboxylic acids is 2. The van der Waals surface area contributed by atoms with Gasteiger partial charge in [-0.3, -0.25) is 9.59 Å². The molecule has 5 aliphatic rings. The van der Waals surface area contributed by atoms with Crippen LogP contribution in [0.15, 0.2) is 86.5 Å². The largest absolute Gasteiger partial charge is 0.390 e. The molecule has 3 aromatic rings. The fraction of sp³-hybridized carbons (Fsp3) is 0.194. The van der Waals surface area contributed by atoms with E-state index in [9.17, 15) is 25.4 Å². The zero-order valence-electron chi connectivity index (χ0n) is 25.0. The molecule has 0 amide bonds.